The molecule has 2 aromatic rings. The van der Waals surface area contributed by atoms with E-state index in [4.69, 9.17) is 4.74 Å². The molecular formula is C27H37N3O3. The lowest BCUT2D eigenvalue weighted by molar-refractivity contribution is 0.0620. The molecule has 2 fully saturated rings. The third-order valence-corrected chi connectivity index (χ3v) is 7.20. The van der Waals surface area contributed by atoms with Crippen molar-refractivity contribution in [2.45, 2.75) is 58.7 Å². The highest BCUT2D eigenvalue weighted by Crippen LogP contribution is 2.27. The minimum absolute atomic E-state index is 0.149. The van der Waals surface area contributed by atoms with E-state index in [9.17, 15) is 9.59 Å². The first-order chi connectivity index (χ1) is 16.1. The van der Waals surface area contributed by atoms with Crippen LogP contribution in [0.15, 0.2) is 41.2 Å². The second-order valence-corrected chi connectivity index (χ2v) is 9.57. The van der Waals surface area contributed by atoms with Gasteiger partial charge in [0.15, 0.2) is 5.43 Å². The van der Waals surface area contributed by atoms with E-state index in [-0.39, 0.29) is 17.9 Å². The Bertz CT molecular complexity index is 988. The van der Waals surface area contributed by atoms with Crippen molar-refractivity contribution >= 4 is 5.91 Å². The molecule has 4 rings (SSSR count). The van der Waals surface area contributed by atoms with Gasteiger partial charge in [0.1, 0.15) is 5.56 Å². The van der Waals surface area contributed by atoms with Crippen LogP contribution in [0.5, 0.6) is 0 Å². The van der Waals surface area contributed by atoms with E-state index >= 15 is 0 Å². The second-order valence-electron chi connectivity index (χ2n) is 9.57. The number of benzene rings is 1. The zero-order chi connectivity index (χ0) is 23.2. The summed E-state index contributed by atoms with van der Waals surface area (Å²) < 4.78 is 7.67. The Morgan fingerprint density at radius 3 is 2.39 bits per heavy atom. The van der Waals surface area contributed by atoms with Crippen LogP contribution in [0.1, 0.15) is 59.4 Å². The van der Waals surface area contributed by atoms with Gasteiger partial charge in [-0.1, -0.05) is 49.6 Å². The van der Waals surface area contributed by atoms with Crippen molar-refractivity contribution in [3.05, 3.63) is 69.1 Å². The monoisotopic (exact) mass is 451 g/mol. The molecule has 1 aliphatic heterocycles. The standard InChI is InChI=1S/C27H37N3O3/c1-21-17-25(31)26(24(20-33-2)30(21)19-23-11-7-4-8-12-23)27(32)29-15-13-28(14-16-29)18-22-9-5-3-6-10-22/h3,5-6,9-10,17,23H,4,7-8,11-16,18-20H2,1-2H3. The number of piperazine rings is 1. The van der Waals surface area contributed by atoms with Gasteiger partial charge in [-0.3, -0.25) is 14.5 Å². The molecular weight excluding hydrogens is 414 g/mol. The minimum Gasteiger partial charge on any atom is -0.378 e. The molecule has 0 unspecified atom stereocenters. The third-order valence-electron chi connectivity index (χ3n) is 7.20. The van der Waals surface area contributed by atoms with Gasteiger partial charge in [0.05, 0.1) is 12.3 Å². The van der Waals surface area contributed by atoms with Gasteiger partial charge in [-0.25, -0.2) is 0 Å². The van der Waals surface area contributed by atoms with Gasteiger partial charge >= 0.3 is 0 Å². The zero-order valence-corrected chi connectivity index (χ0v) is 20.1. The maximum atomic E-state index is 13.6. The van der Waals surface area contributed by atoms with E-state index in [1.54, 1.807) is 13.2 Å². The maximum Gasteiger partial charge on any atom is 0.259 e. The van der Waals surface area contributed by atoms with Crippen LogP contribution in [0.4, 0.5) is 0 Å². The Morgan fingerprint density at radius 1 is 1.03 bits per heavy atom. The van der Waals surface area contributed by atoms with Crippen molar-refractivity contribution in [1.82, 2.24) is 14.4 Å². The van der Waals surface area contributed by atoms with E-state index < -0.39 is 0 Å². The van der Waals surface area contributed by atoms with Crippen LogP contribution in [0.25, 0.3) is 0 Å². The van der Waals surface area contributed by atoms with Crippen LogP contribution >= 0.6 is 0 Å². The Hall–Kier alpha value is -2.44. The molecule has 0 spiro atoms. The number of methoxy groups -OCH3 is 1. The van der Waals surface area contributed by atoms with E-state index in [2.05, 4.69) is 33.7 Å². The summed E-state index contributed by atoms with van der Waals surface area (Å²) in [7, 11) is 1.63. The molecule has 33 heavy (non-hydrogen) atoms. The molecule has 0 atom stereocenters. The first-order valence-corrected chi connectivity index (χ1v) is 12.3. The number of aromatic nitrogens is 1. The lowest BCUT2D eigenvalue weighted by Gasteiger charge is -2.35. The van der Waals surface area contributed by atoms with Gasteiger partial charge in [-0.15, -0.1) is 0 Å². The Morgan fingerprint density at radius 2 is 1.73 bits per heavy atom. The number of ether oxygens (including phenoxy) is 1. The summed E-state index contributed by atoms with van der Waals surface area (Å²) in [5, 5.41) is 0. The van der Waals surface area contributed by atoms with E-state index in [0.717, 1.165) is 37.6 Å². The number of hydrogen-bond acceptors (Lipinski definition) is 4. The molecule has 6 heteroatoms. The highest BCUT2D eigenvalue weighted by atomic mass is 16.5. The Labute approximate surface area is 197 Å². The molecule has 1 amide bonds. The number of carbonyl (C=O) groups is 1. The Kier molecular flexibility index (Phi) is 7.99. The van der Waals surface area contributed by atoms with Gasteiger partial charge in [0.25, 0.3) is 5.91 Å². The number of amides is 1. The van der Waals surface area contributed by atoms with Crippen LogP contribution in [0.3, 0.4) is 0 Å². The van der Waals surface area contributed by atoms with Gasteiger partial charge in [-0.2, -0.15) is 0 Å². The van der Waals surface area contributed by atoms with Gasteiger partial charge in [0.2, 0.25) is 0 Å². The molecule has 1 saturated carbocycles. The number of aryl methyl sites for hydroxylation is 1. The van der Waals surface area contributed by atoms with Crippen molar-refractivity contribution in [2.75, 3.05) is 33.3 Å². The topological polar surface area (TPSA) is 54.8 Å². The molecule has 0 N–H and O–H groups in total. The van der Waals surface area contributed by atoms with E-state index in [0.29, 0.717) is 24.6 Å². The van der Waals surface area contributed by atoms with Gasteiger partial charge in [0, 0.05) is 58.1 Å². The normalized spacial score (nSPS) is 17.9. The first-order valence-electron chi connectivity index (χ1n) is 12.3. The predicted molar refractivity (Wildman–Crippen MR) is 130 cm³/mol. The molecule has 0 bridgehead atoms. The summed E-state index contributed by atoms with van der Waals surface area (Å²) in [5.74, 6) is 0.448. The van der Waals surface area contributed by atoms with Crippen LogP contribution in [0.2, 0.25) is 0 Å². The molecule has 1 aromatic heterocycles. The summed E-state index contributed by atoms with van der Waals surface area (Å²) in [6, 6.07) is 12.1. The summed E-state index contributed by atoms with van der Waals surface area (Å²) >= 11 is 0. The molecule has 1 aliphatic carbocycles. The molecule has 6 nitrogen and oxygen atoms in total. The second kappa shape index (κ2) is 11.1. The summed E-state index contributed by atoms with van der Waals surface area (Å²) in [6.45, 7) is 6.87. The molecule has 2 aliphatic rings. The highest BCUT2D eigenvalue weighted by molar-refractivity contribution is 5.95. The molecule has 2 heterocycles. The van der Waals surface area contributed by atoms with E-state index in [1.165, 1.54) is 37.7 Å². The largest absolute Gasteiger partial charge is 0.378 e. The van der Waals surface area contributed by atoms with Crippen molar-refractivity contribution < 1.29 is 9.53 Å². The van der Waals surface area contributed by atoms with Crippen molar-refractivity contribution in [2.24, 2.45) is 5.92 Å². The maximum absolute atomic E-state index is 13.6. The van der Waals surface area contributed by atoms with Crippen LogP contribution in [0, 0.1) is 12.8 Å². The summed E-state index contributed by atoms with van der Waals surface area (Å²) in [6.07, 6.45) is 6.27. The number of hydrogen-bond donors (Lipinski definition) is 0. The van der Waals surface area contributed by atoms with Gasteiger partial charge in [-0.05, 0) is 31.2 Å². The average molecular weight is 452 g/mol. The minimum atomic E-state index is -0.184. The molecule has 1 saturated heterocycles. The van der Waals surface area contributed by atoms with Crippen molar-refractivity contribution in [3.8, 4) is 0 Å². The molecule has 0 radical (unpaired) electrons. The van der Waals surface area contributed by atoms with Crippen LogP contribution in [-0.4, -0.2) is 53.6 Å². The number of nitrogens with zero attached hydrogens (tertiary/aromatic N) is 3. The number of carbonyl (C=O) groups excluding carboxylic acids is 1. The fourth-order valence-corrected chi connectivity index (χ4v) is 5.34. The summed E-state index contributed by atoms with van der Waals surface area (Å²) in [5.41, 5.74) is 3.06. The lowest BCUT2D eigenvalue weighted by Crippen LogP contribution is -2.49. The van der Waals surface area contributed by atoms with Crippen molar-refractivity contribution in [1.29, 1.82) is 0 Å². The first kappa shape index (κ1) is 23.7. The summed E-state index contributed by atoms with van der Waals surface area (Å²) in [4.78, 5) is 30.8. The van der Waals surface area contributed by atoms with Crippen molar-refractivity contribution in [3.63, 3.8) is 0 Å². The van der Waals surface area contributed by atoms with Crippen LogP contribution in [-0.2, 0) is 24.4 Å². The molecule has 1 aromatic carbocycles. The zero-order valence-electron chi connectivity index (χ0n) is 20.1. The smallest absolute Gasteiger partial charge is 0.259 e. The fourth-order valence-electron chi connectivity index (χ4n) is 5.34. The third kappa shape index (κ3) is 5.74. The number of rotatable bonds is 7. The van der Waals surface area contributed by atoms with Gasteiger partial charge < -0.3 is 14.2 Å². The molecule has 178 valence electrons. The van der Waals surface area contributed by atoms with Crippen LogP contribution < -0.4 is 5.43 Å². The quantitative estimate of drug-likeness (QED) is 0.642. The number of pyridine rings is 1. The predicted octanol–water partition coefficient (Wildman–Crippen LogP) is 3.84. The lowest BCUT2D eigenvalue weighted by atomic mass is 9.89. The average Bonchev–Trinajstić information content (AvgIpc) is 2.83. The fraction of sp³-hybridized carbons (Fsp3) is 0.556. The highest BCUT2D eigenvalue weighted by Gasteiger charge is 2.28. The SMILES string of the molecule is COCc1c(C(=O)N2CCN(Cc3ccccc3)CC2)c(=O)cc(C)n1CC1CCCCC1. The Balaban J connectivity index is 1.51. The van der Waals surface area contributed by atoms with E-state index in [1.807, 2.05) is 17.9 Å².